The summed E-state index contributed by atoms with van der Waals surface area (Å²) >= 11 is 0. The first-order chi connectivity index (χ1) is 44.1. The summed E-state index contributed by atoms with van der Waals surface area (Å²) in [6.07, 6.45) is 60.1. The Morgan fingerprint density at radius 1 is 0.389 bits per heavy atom. The molecule has 0 aliphatic carbocycles. The van der Waals surface area contributed by atoms with Gasteiger partial charge < -0.3 is 65.1 Å². The number of rotatable bonds is 66. The molecule has 0 aromatic heterocycles. The van der Waals surface area contributed by atoms with Gasteiger partial charge in [0.25, 0.3) is 0 Å². The lowest BCUT2D eigenvalue weighted by atomic mass is 9.97. The van der Waals surface area contributed by atoms with Crippen LogP contribution in [-0.2, 0) is 23.7 Å². The molecule has 0 saturated carbocycles. The second-order valence-electron chi connectivity index (χ2n) is 27.9. The van der Waals surface area contributed by atoms with E-state index in [1.807, 2.05) is 6.08 Å². The summed E-state index contributed by atoms with van der Waals surface area (Å²) in [7, 11) is 0. The largest absolute Gasteiger partial charge is 0.394 e. The minimum Gasteiger partial charge on any atom is -0.394 e. The summed E-state index contributed by atoms with van der Waals surface area (Å²) in [5, 5.41) is 87.6. The van der Waals surface area contributed by atoms with Gasteiger partial charge in [0.1, 0.15) is 48.8 Å². The van der Waals surface area contributed by atoms with Crippen molar-refractivity contribution in [2.45, 2.75) is 447 Å². The van der Waals surface area contributed by atoms with Gasteiger partial charge in [-0.1, -0.05) is 360 Å². The van der Waals surface area contributed by atoms with E-state index in [4.69, 9.17) is 18.9 Å². The molecule has 534 valence electrons. The van der Waals surface area contributed by atoms with Gasteiger partial charge in [0.05, 0.1) is 32.0 Å². The Balaban J connectivity index is 1.61. The molecule has 12 atom stereocenters. The second-order valence-corrected chi connectivity index (χ2v) is 27.9. The predicted octanol–water partition coefficient (Wildman–Crippen LogP) is 16.9. The van der Waals surface area contributed by atoms with Crippen LogP contribution >= 0.6 is 0 Å². The van der Waals surface area contributed by atoms with E-state index in [9.17, 15) is 45.6 Å². The number of carbonyl (C=O) groups is 1. The Kier molecular flexibility index (Phi) is 57.8. The van der Waals surface area contributed by atoms with Crippen molar-refractivity contribution in [1.82, 2.24) is 5.32 Å². The van der Waals surface area contributed by atoms with Crippen molar-refractivity contribution in [3.8, 4) is 0 Å². The highest BCUT2D eigenvalue weighted by Crippen LogP contribution is 2.30. The van der Waals surface area contributed by atoms with E-state index < -0.39 is 86.8 Å². The molecule has 12 unspecified atom stereocenters. The number of allylic oxidation sites excluding steroid dienone is 1. The van der Waals surface area contributed by atoms with E-state index in [1.165, 1.54) is 308 Å². The van der Waals surface area contributed by atoms with Crippen molar-refractivity contribution in [1.29, 1.82) is 0 Å². The van der Waals surface area contributed by atoms with Crippen LogP contribution in [0, 0.1) is 0 Å². The predicted molar refractivity (Wildman–Crippen MR) is 369 cm³/mol. The fourth-order valence-corrected chi connectivity index (χ4v) is 13.3. The fourth-order valence-electron chi connectivity index (χ4n) is 13.3. The number of aliphatic hydroxyl groups is 8. The molecule has 90 heavy (non-hydrogen) atoms. The van der Waals surface area contributed by atoms with Gasteiger partial charge in [-0.05, 0) is 19.3 Å². The maximum Gasteiger partial charge on any atom is 0.220 e. The summed E-state index contributed by atoms with van der Waals surface area (Å²) < 4.78 is 22.9. The molecule has 14 nitrogen and oxygen atoms in total. The van der Waals surface area contributed by atoms with Gasteiger partial charge in [0, 0.05) is 6.42 Å². The zero-order valence-electron chi connectivity index (χ0n) is 58.4. The van der Waals surface area contributed by atoms with Crippen LogP contribution in [0.5, 0.6) is 0 Å². The zero-order chi connectivity index (χ0) is 65.2. The summed E-state index contributed by atoms with van der Waals surface area (Å²) in [6.45, 7) is 2.87. The Morgan fingerprint density at radius 3 is 1.02 bits per heavy atom. The molecule has 2 fully saturated rings. The molecule has 14 heteroatoms. The molecule has 2 aliphatic rings. The minimum absolute atomic E-state index is 0.229. The van der Waals surface area contributed by atoms with Crippen molar-refractivity contribution in [3.63, 3.8) is 0 Å². The zero-order valence-corrected chi connectivity index (χ0v) is 58.4. The standard InChI is InChI=1S/C76H147NO13/c1-3-5-7-9-11-13-15-17-19-21-23-25-27-28-29-30-31-32-33-34-35-36-38-40-42-44-46-48-50-52-54-56-58-60-68(81)77-64(63-87-75-73(86)71(84)74(67(62-79)89-75)90-76-72(85)70(83)69(82)66(61-78)88-76)65(80)59-57-55-53-51-49-47-45-43-41-39-37-26-24-22-20-18-16-14-12-10-8-6-4-2/h57,59,64-67,69-76,78-80,82-86H,3-56,58,60-63H2,1-2H3,(H,77,81)/b59-57+. The summed E-state index contributed by atoms with van der Waals surface area (Å²) in [5.41, 5.74) is 0. The molecule has 0 bridgehead atoms. The second kappa shape index (κ2) is 61.3. The van der Waals surface area contributed by atoms with Gasteiger partial charge in [-0.25, -0.2) is 0 Å². The Bertz CT molecular complexity index is 1560. The summed E-state index contributed by atoms with van der Waals surface area (Å²) in [5.74, 6) is -0.229. The molecule has 0 aromatic carbocycles. The van der Waals surface area contributed by atoms with Crippen molar-refractivity contribution < 1.29 is 64.6 Å². The molecule has 2 saturated heterocycles. The Hall–Kier alpha value is -1.27. The number of hydrogen-bond donors (Lipinski definition) is 9. The number of ether oxygens (including phenoxy) is 4. The number of nitrogens with one attached hydrogen (secondary N) is 1. The van der Waals surface area contributed by atoms with Gasteiger partial charge in [-0.2, -0.15) is 0 Å². The molecule has 2 heterocycles. The van der Waals surface area contributed by atoms with Crippen molar-refractivity contribution >= 4 is 5.91 Å². The number of hydrogen-bond acceptors (Lipinski definition) is 13. The molecule has 0 aromatic rings. The van der Waals surface area contributed by atoms with Crippen LogP contribution < -0.4 is 5.32 Å². The van der Waals surface area contributed by atoms with Gasteiger partial charge in [0.2, 0.25) is 5.91 Å². The van der Waals surface area contributed by atoms with Crippen molar-refractivity contribution in [2.24, 2.45) is 0 Å². The number of aliphatic hydroxyl groups excluding tert-OH is 8. The van der Waals surface area contributed by atoms with Crippen LogP contribution in [0.15, 0.2) is 12.2 Å². The van der Waals surface area contributed by atoms with E-state index >= 15 is 0 Å². The van der Waals surface area contributed by atoms with E-state index in [0.29, 0.717) is 0 Å². The summed E-state index contributed by atoms with van der Waals surface area (Å²) in [6, 6.07) is -0.912. The minimum atomic E-state index is -1.79. The highest BCUT2D eigenvalue weighted by molar-refractivity contribution is 5.76. The average molecular weight is 1280 g/mol. The van der Waals surface area contributed by atoms with Gasteiger partial charge >= 0.3 is 0 Å². The quantitative estimate of drug-likeness (QED) is 0.0204. The third-order valence-electron chi connectivity index (χ3n) is 19.5. The molecule has 9 N–H and O–H groups in total. The topological polar surface area (TPSA) is 228 Å². The molecule has 0 radical (unpaired) electrons. The lowest BCUT2D eigenvalue weighted by Crippen LogP contribution is -2.65. The molecule has 2 rings (SSSR count). The number of amides is 1. The first kappa shape index (κ1) is 84.8. The lowest BCUT2D eigenvalue weighted by Gasteiger charge is -2.46. The third-order valence-corrected chi connectivity index (χ3v) is 19.5. The smallest absolute Gasteiger partial charge is 0.220 e. The number of unbranched alkanes of at least 4 members (excludes halogenated alkanes) is 53. The van der Waals surface area contributed by atoms with Crippen LogP contribution in [0.3, 0.4) is 0 Å². The maximum atomic E-state index is 13.4. The van der Waals surface area contributed by atoms with E-state index in [-0.39, 0.29) is 18.9 Å². The van der Waals surface area contributed by atoms with Crippen LogP contribution in [-0.4, -0.2) is 140 Å². The van der Waals surface area contributed by atoms with E-state index in [2.05, 4.69) is 19.2 Å². The normalized spacial score (nSPS) is 22.9. The van der Waals surface area contributed by atoms with Gasteiger partial charge in [-0.3, -0.25) is 4.79 Å². The Labute approximate surface area is 552 Å². The van der Waals surface area contributed by atoms with Gasteiger partial charge in [0.15, 0.2) is 12.6 Å². The van der Waals surface area contributed by atoms with E-state index in [0.717, 1.165) is 44.9 Å². The lowest BCUT2D eigenvalue weighted by molar-refractivity contribution is -0.359. The molecular weight excluding hydrogens is 1130 g/mol. The van der Waals surface area contributed by atoms with E-state index in [1.54, 1.807) is 6.08 Å². The molecule has 1 amide bonds. The van der Waals surface area contributed by atoms with Gasteiger partial charge in [-0.15, -0.1) is 0 Å². The number of carbonyl (C=O) groups excluding carboxylic acids is 1. The van der Waals surface area contributed by atoms with Crippen LogP contribution in [0.2, 0.25) is 0 Å². The molecule has 0 spiro atoms. The highest BCUT2D eigenvalue weighted by atomic mass is 16.7. The third kappa shape index (κ3) is 44.5. The fraction of sp³-hybridized carbons (Fsp3) is 0.961. The van der Waals surface area contributed by atoms with Crippen molar-refractivity contribution in [3.05, 3.63) is 12.2 Å². The van der Waals surface area contributed by atoms with Crippen LogP contribution in [0.25, 0.3) is 0 Å². The first-order valence-electron chi connectivity index (χ1n) is 38.9. The SMILES string of the molecule is CCCCCCCCCCCCCCCCCCCCCCC/C=C/C(O)C(COC1OC(CO)C(OC2OC(CO)C(O)C(O)C2O)C(O)C1O)NC(=O)CCCCCCCCCCCCCCCCCCCCCCCCCCCCCCCCCCC. The highest BCUT2D eigenvalue weighted by Gasteiger charge is 2.51. The molecular formula is C76H147NO13. The Morgan fingerprint density at radius 2 is 0.689 bits per heavy atom. The average Bonchev–Trinajstić information content (AvgIpc) is 1.29. The van der Waals surface area contributed by atoms with Crippen molar-refractivity contribution in [2.75, 3.05) is 19.8 Å². The maximum absolute atomic E-state index is 13.4. The van der Waals surface area contributed by atoms with Crippen LogP contribution in [0.4, 0.5) is 0 Å². The van der Waals surface area contributed by atoms with Crippen LogP contribution in [0.1, 0.15) is 373 Å². The first-order valence-corrected chi connectivity index (χ1v) is 38.9. The summed E-state index contributed by atoms with van der Waals surface area (Å²) in [4.78, 5) is 13.4. The molecule has 2 aliphatic heterocycles. The monoisotopic (exact) mass is 1280 g/mol.